The fraction of sp³-hybridized carbons (Fsp3) is 0.464. The van der Waals surface area contributed by atoms with Crippen molar-refractivity contribution >= 4 is 5.97 Å². The van der Waals surface area contributed by atoms with Crippen LogP contribution < -0.4 is 0 Å². The maximum atomic E-state index is 10.8. The van der Waals surface area contributed by atoms with Gasteiger partial charge in [-0.25, -0.2) is 19.9 Å². The lowest BCUT2D eigenvalue weighted by molar-refractivity contribution is -0.158. The summed E-state index contributed by atoms with van der Waals surface area (Å²) in [6, 6.07) is 20.5. The number of carbonyl (C=O) groups excluding carboxylic acids is 1. The molecule has 10 rings (SSSR count). The number of benzene rings is 1. The van der Waals surface area contributed by atoms with E-state index >= 15 is 0 Å². The zero-order valence-electron chi connectivity index (χ0n) is 53.3. The fourth-order valence-electron chi connectivity index (χ4n) is 6.73. The van der Waals surface area contributed by atoms with Crippen molar-refractivity contribution in [2.45, 2.75) is 196 Å². The van der Waals surface area contributed by atoms with Gasteiger partial charge in [0.05, 0.1) is 34.8 Å². The van der Waals surface area contributed by atoms with Crippen LogP contribution in [-0.2, 0) is 9.53 Å². The van der Waals surface area contributed by atoms with Gasteiger partial charge in [-0.2, -0.15) is 10.2 Å². The van der Waals surface area contributed by atoms with Crippen LogP contribution in [0, 0.1) is 115 Å². The molecule has 7 heterocycles. The summed E-state index contributed by atoms with van der Waals surface area (Å²) < 4.78 is 4.96. The van der Waals surface area contributed by atoms with E-state index in [2.05, 4.69) is 140 Å². The van der Waals surface area contributed by atoms with Crippen molar-refractivity contribution in [3.63, 3.8) is 0 Å². The summed E-state index contributed by atoms with van der Waals surface area (Å²) in [4.78, 5) is 42.8. The number of pyridine rings is 2. The Hall–Kier alpha value is -7.21. The van der Waals surface area contributed by atoms with Crippen molar-refractivity contribution in [3.8, 4) is 0 Å². The lowest BCUT2D eigenvalue weighted by Crippen LogP contribution is -2.27. The maximum Gasteiger partial charge on any atom is 0.308 e. The molecule has 12 heteroatoms. The van der Waals surface area contributed by atoms with Crippen molar-refractivity contribution < 1.29 is 9.53 Å². The topological polar surface area (TPSA) is 155 Å². The normalized spacial score (nSPS) is 16.3. The van der Waals surface area contributed by atoms with E-state index in [0.29, 0.717) is 0 Å². The van der Waals surface area contributed by atoms with E-state index in [0.717, 1.165) is 81.6 Å². The van der Waals surface area contributed by atoms with Crippen molar-refractivity contribution in [3.05, 3.63) is 213 Å². The number of hydrogen-bond donors (Lipinski definition) is 0. The quantitative estimate of drug-likeness (QED) is 0.105. The third-order valence-corrected chi connectivity index (χ3v) is 12.5. The molecule has 4 unspecified atom stereocenters. The minimum atomic E-state index is -0.0336. The molecule has 6 aromatic heterocycles. The molecule has 81 heavy (non-hydrogen) atoms. The van der Waals surface area contributed by atoms with E-state index < -0.39 is 0 Å². The highest BCUT2D eigenvalue weighted by Gasteiger charge is 2.23. The number of esters is 1. The van der Waals surface area contributed by atoms with Gasteiger partial charge >= 0.3 is 5.97 Å². The van der Waals surface area contributed by atoms with E-state index in [-0.39, 0.29) is 18.0 Å². The highest BCUT2D eigenvalue weighted by Crippen LogP contribution is 2.23. The van der Waals surface area contributed by atoms with Crippen LogP contribution >= 0.6 is 0 Å². The molecule has 1 saturated heterocycles. The van der Waals surface area contributed by atoms with Gasteiger partial charge < -0.3 is 4.74 Å². The summed E-state index contributed by atoms with van der Waals surface area (Å²) in [5.41, 5.74) is 16.5. The van der Waals surface area contributed by atoms with Crippen molar-refractivity contribution in [2.75, 3.05) is 0 Å². The summed E-state index contributed by atoms with van der Waals surface area (Å²) in [6.07, 6.45) is 29.5. The zero-order chi connectivity index (χ0) is 60.7. The number of cyclic esters (lactones) is 1. The third kappa shape index (κ3) is 39.8. The minimum Gasteiger partial charge on any atom is -0.462 e. The van der Waals surface area contributed by atoms with Gasteiger partial charge in [-0.1, -0.05) is 91.6 Å². The van der Waals surface area contributed by atoms with Crippen LogP contribution in [0.25, 0.3) is 0 Å². The Bertz CT molecular complexity index is 2180. The predicted molar refractivity (Wildman–Crippen MR) is 337 cm³/mol. The van der Waals surface area contributed by atoms with Crippen LogP contribution in [0.3, 0.4) is 0 Å². The first-order valence-electron chi connectivity index (χ1n) is 28.7. The van der Waals surface area contributed by atoms with Crippen LogP contribution in [0.1, 0.15) is 172 Å². The number of aromatic nitrogens is 10. The van der Waals surface area contributed by atoms with Gasteiger partial charge in [0.1, 0.15) is 11.6 Å². The second kappa shape index (κ2) is 41.8. The molecule has 438 valence electrons. The zero-order valence-corrected chi connectivity index (χ0v) is 53.3. The smallest absolute Gasteiger partial charge is 0.308 e. The molecular weight excluding hydrogens is 1000 g/mol. The second-order valence-corrected chi connectivity index (χ2v) is 21.9. The van der Waals surface area contributed by atoms with Crippen LogP contribution in [0.2, 0.25) is 0 Å². The van der Waals surface area contributed by atoms with E-state index in [9.17, 15) is 4.79 Å². The molecule has 0 amide bonds. The molecule has 7 aromatic rings. The van der Waals surface area contributed by atoms with Gasteiger partial charge in [-0.05, 0) is 227 Å². The van der Waals surface area contributed by atoms with E-state index in [1.54, 1.807) is 23.5 Å². The maximum absolute atomic E-state index is 10.8. The summed E-state index contributed by atoms with van der Waals surface area (Å²) in [5, 5.41) is 7.66. The highest BCUT2D eigenvalue weighted by atomic mass is 16.5. The van der Waals surface area contributed by atoms with E-state index in [4.69, 9.17) is 4.74 Å². The molecule has 0 radical (unpaired) electrons. The Morgan fingerprint density at radius 1 is 0.346 bits per heavy atom. The van der Waals surface area contributed by atoms with Crippen LogP contribution in [-0.4, -0.2) is 62.1 Å². The Morgan fingerprint density at radius 2 is 0.667 bits per heavy atom. The molecule has 0 bridgehead atoms. The third-order valence-electron chi connectivity index (χ3n) is 12.5. The van der Waals surface area contributed by atoms with E-state index in [1.807, 2.05) is 158 Å². The first kappa shape index (κ1) is 71.8. The van der Waals surface area contributed by atoms with Crippen molar-refractivity contribution in [1.82, 2.24) is 50.1 Å². The molecule has 1 fully saturated rings. The Balaban J connectivity index is 0.000000450. The minimum absolute atomic E-state index is 0.0336. The summed E-state index contributed by atoms with van der Waals surface area (Å²) in [6.45, 7) is 40.6. The fourth-order valence-corrected chi connectivity index (χ4v) is 6.73. The standard InChI is InChI=1S/2C8H14.C8H10.2C7H9N.C7H12O2.4C6H8N2/c3*1-7-3-5-8(2)6-4-7;2*1-6-3-4-7(2)8-5-6;1-5-3-4-6(2)9-7(5)8;1-5-3-8-6(2)4-7-5;2*1-5-3-7-6(2)8-4-5;1-5-3-4-6(2)8-7-5/h2*3,8H,4-6H2,1-2H3;3-6H,1-2H3;2*3-5H,1-2H3;5-6H,3-4H2,1-2H3;4*3-4H,1-2H3. The molecule has 12 nitrogen and oxygen atoms in total. The molecule has 4 atom stereocenters. The highest BCUT2D eigenvalue weighted by molar-refractivity contribution is 5.72. The molecule has 0 saturated carbocycles. The van der Waals surface area contributed by atoms with Gasteiger partial charge in [0.25, 0.3) is 0 Å². The number of nitrogens with zero attached hydrogens (tertiary/aromatic N) is 10. The molecule has 2 aliphatic carbocycles. The Labute approximate surface area is 489 Å². The van der Waals surface area contributed by atoms with Gasteiger partial charge in [0, 0.05) is 61.0 Å². The number of aryl methyl sites for hydroxylation is 14. The Morgan fingerprint density at radius 3 is 0.901 bits per heavy atom. The Kier molecular flexibility index (Phi) is 37.0. The molecular formula is C69H100N10O2. The van der Waals surface area contributed by atoms with Gasteiger partial charge in [-0.15, -0.1) is 0 Å². The SMILES string of the molecule is CC1=CCC(C)CC1.CC1=CCC(C)CC1.CC1CCC(C)C(=O)O1.Cc1ccc(C)cc1.Cc1ccc(C)nc1.Cc1ccc(C)nc1.Cc1ccc(C)nn1.Cc1cnc(C)cn1.Cc1cnc(C)nc1.Cc1cnc(C)nc1. The van der Waals surface area contributed by atoms with Crippen LogP contribution in [0.4, 0.5) is 0 Å². The first-order chi connectivity index (χ1) is 38.3. The van der Waals surface area contributed by atoms with E-state index in [1.165, 1.54) is 60.8 Å². The molecule has 1 aromatic carbocycles. The average molecular weight is 1100 g/mol. The summed E-state index contributed by atoms with van der Waals surface area (Å²) in [7, 11) is 0. The average Bonchev–Trinajstić information content (AvgIpc) is 3.44. The van der Waals surface area contributed by atoms with Crippen molar-refractivity contribution in [1.29, 1.82) is 0 Å². The number of carbonyl (C=O) groups is 1. The van der Waals surface area contributed by atoms with Crippen molar-refractivity contribution in [2.24, 2.45) is 17.8 Å². The molecule has 3 aliphatic rings. The van der Waals surface area contributed by atoms with Gasteiger partial charge in [0.15, 0.2) is 0 Å². The summed E-state index contributed by atoms with van der Waals surface area (Å²) >= 11 is 0. The number of ether oxygens (including phenoxy) is 1. The lowest BCUT2D eigenvalue weighted by atomic mass is 9.92. The number of hydrogen-bond acceptors (Lipinski definition) is 12. The van der Waals surface area contributed by atoms with Crippen LogP contribution in [0.5, 0.6) is 0 Å². The monoisotopic (exact) mass is 1100 g/mol. The molecule has 0 spiro atoms. The second-order valence-electron chi connectivity index (χ2n) is 21.9. The van der Waals surface area contributed by atoms with Gasteiger partial charge in [0.2, 0.25) is 0 Å². The molecule has 0 N–H and O–H groups in total. The predicted octanol–water partition coefficient (Wildman–Crippen LogP) is 16.9. The van der Waals surface area contributed by atoms with Gasteiger partial charge in [-0.3, -0.25) is 24.7 Å². The molecule has 1 aliphatic heterocycles. The largest absolute Gasteiger partial charge is 0.462 e. The van der Waals surface area contributed by atoms with Crippen LogP contribution in [0.15, 0.2) is 134 Å². The first-order valence-corrected chi connectivity index (χ1v) is 28.7. The number of allylic oxidation sites excluding steroid dienone is 4. The lowest BCUT2D eigenvalue weighted by Gasteiger charge is -2.22. The summed E-state index contributed by atoms with van der Waals surface area (Å²) in [5.74, 6) is 3.64. The number of rotatable bonds is 0.